The average molecular weight is 543 g/mol. The van der Waals surface area contributed by atoms with Gasteiger partial charge in [0.1, 0.15) is 17.8 Å². The Morgan fingerprint density at radius 2 is 2.11 bits per heavy atom. The molecule has 0 bridgehead atoms. The second-order valence-electron chi connectivity index (χ2n) is 7.94. The van der Waals surface area contributed by atoms with Crippen molar-refractivity contribution in [1.82, 2.24) is 39.7 Å². The number of thiazole rings is 1. The smallest absolute Gasteiger partial charge is 0.365 e. The predicted octanol–water partition coefficient (Wildman–Crippen LogP) is 3.65. The molecule has 2 N–H and O–H groups in total. The van der Waals surface area contributed by atoms with Gasteiger partial charge in [0.2, 0.25) is 5.01 Å². The maximum atomic E-state index is 13.3. The Morgan fingerprint density at radius 3 is 2.86 bits per heavy atom. The average Bonchev–Trinajstić information content (AvgIpc) is 3.64. The standard InChI is InChI=1S/C22H15ClN8O3S.ClH/c23-12-1-3-17(30-10-25-28-29-30)14(7-12)11-5-13-2-4-18(31(13)19(32)6-11)20-24-8-15(26-20)16-9-35-21(27-16)22(33)34;/h1,3,5-10,18H,2,4H2,(H,24,26)(H,33,34);1H/t18-;/m0./s1. The van der Waals surface area contributed by atoms with Crippen molar-refractivity contribution >= 4 is 41.3 Å². The van der Waals surface area contributed by atoms with Gasteiger partial charge in [-0.1, -0.05) is 11.6 Å². The van der Waals surface area contributed by atoms with E-state index in [0.29, 0.717) is 40.8 Å². The summed E-state index contributed by atoms with van der Waals surface area (Å²) < 4.78 is 3.26. The summed E-state index contributed by atoms with van der Waals surface area (Å²) >= 11 is 7.32. The number of tetrazole rings is 1. The number of aromatic carboxylic acids is 1. The molecular formula is C22H16Cl2N8O3S. The molecule has 4 aromatic heterocycles. The van der Waals surface area contributed by atoms with Crippen LogP contribution in [0.3, 0.4) is 0 Å². The first kappa shape index (κ1) is 23.9. The van der Waals surface area contributed by atoms with Gasteiger partial charge in [0, 0.05) is 27.7 Å². The van der Waals surface area contributed by atoms with Gasteiger partial charge in [-0.3, -0.25) is 4.79 Å². The van der Waals surface area contributed by atoms with Crippen LogP contribution in [0.4, 0.5) is 0 Å². The minimum absolute atomic E-state index is 0. The molecule has 5 aromatic rings. The lowest BCUT2D eigenvalue weighted by Crippen LogP contribution is -2.23. The highest BCUT2D eigenvalue weighted by Crippen LogP contribution is 2.34. The van der Waals surface area contributed by atoms with E-state index in [1.807, 2.05) is 6.07 Å². The highest BCUT2D eigenvalue weighted by atomic mass is 35.5. The van der Waals surface area contributed by atoms with Gasteiger partial charge in [-0.05, 0) is 53.1 Å². The largest absolute Gasteiger partial charge is 0.476 e. The summed E-state index contributed by atoms with van der Waals surface area (Å²) in [5.74, 6) is -0.452. The second kappa shape index (κ2) is 9.30. The molecule has 1 aliphatic heterocycles. The van der Waals surface area contributed by atoms with E-state index in [1.54, 1.807) is 40.4 Å². The minimum atomic E-state index is -1.07. The number of nitrogens with zero attached hydrogens (tertiary/aromatic N) is 7. The summed E-state index contributed by atoms with van der Waals surface area (Å²) in [4.78, 5) is 36.2. The van der Waals surface area contributed by atoms with E-state index < -0.39 is 5.97 Å². The fourth-order valence-corrected chi connectivity index (χ4v) is 5.18. The maximum Gasteiger partial charge on any atom is 0.365 e. The molecular weight excluding hydrogens is 527 g/mol. The summed E-state index contributed by atoms with van der Waals surface area (Å²) in [5, 5.41) is 22.7. The Kier molecular flexibility index (Phi) is 6.16. The zero-order valence-corrected chi connectivity index (χ0v) is 20.6. The van der Waals surface area contributed by atoms with Crippen LogP contribution in [-0.4, -0.2) is 50.8 Å². The molecule has 0 saturated heterocycles. The Hall–Kier alpha value is -3.87. The third-order valence-corrected chi connectivity index (χ3v) is 6.94. The fourth-order valence-electron chi connectivity index (χ4n) is 4.35. The zero-order chi connectivity index (χ0) is 24.1. The maximum absolute atomic E-state index is 13.3. The molecule has 11 nitrogen and oxygen atoms in total. The lowest BCUT2D eigenvalue weighted by molar-refractivity contribution is 0.0696. The van der Waals surface area contributed by atoms with Crippen LogP contribution in [0.5, 0.6) is 0 Å². The van der Waals surface area contributed by atoms with E-state index in [1.165, 1.54) is 11.0 Å². The Balaban J connectivity index is 0.00000267. The molecule has 1 aromatic carbocycles. The summed E-state index contributed by atoms with van der Waals surface area (Å²) in [5.41, 5.74) is 3.99. The monoisotopic (exact) mass is 542 g/mol. The van der Waals surface area contributed by atoms with Crippen LogP contribution >= 0.6 is 35.3 Å². The number of aryl methyl sites for hydroxylation is 1. The molecule has 36 heavy (non-hydrogen) atoms. The van der Waals surface area contributed by atoms with E-state index in [-0.39, 0.29) is 29.0 Å². The number of carboxylic acid groups (broad SMARTS) is 1. The third kappa shape index (κ3) is 4.08. The van der Waals surface area contributed by atoms with Crippen LogP contribution in [0.1, 0.15) is 33.8 Å². The number of H-pyrrole nitrogens is 1. The Labute approximate surface area is 217 Å². The topological polar surface area (TPSA) is 144 Å². The number of nitrogens with one attached hydrogen (secondary N) is 1. The van der Waals surface area contributed by atoms with E-state index in [2.05, 4.69) is 30.5 Å². The first-order valence-electron chi connectivity index (χ1n) is 10.5. The Morgan fingerprint density at radius 1 is 1.25 bits per heavy atom. The number of rotatable bonds is 5. The summed E-state index contributed by atoms with van der Waals surface area (Å²) in [6.07, 6.45) is 4.47. The van der Waals surface area contributed by atoms with Crippen LogP contribution in [0, 0.1) is 0 Å². The first-order chi connectivity index (χ1) is 17.0. The quantitative estimate of drug-likeness (QED) is 0.342. The SMILES string of the molecule is Cl.O=C(O)c1nc(-c2cnc([C@@H]3CCc4cc(-c5cc(Cl)ccc5-n5cnnn5)cc(=O)n43)[nH]2)cs1. The van der Waals surface area contributed by atoms with Crippen molar-refractivity contribution in [1.29, 1.82) is 0 Å². The molecule has 5 heterocycles. The van der Waals surface area contributed by atoms with Crippen LogP contribution in [0.25, 0.3) is 28.2 Å². The van der Waals surface area contributed by atoms with Crippen molar-refractivity contribution in [3.05, 3.63) is 80.1 Å². The normalized spacial score (nSPS) is 14.4. The van der Waals surface area contributed by atoms with Crippen LogP contribution < -0.4 is 5.56 Å². The number of hydrogen-bond donors (Lipinski definition) is 2. The first-order valence-corrected chi connectivity index (χ1v) is 11.8. The molecule has 0 aliphatic carbocycles. The van der Waals surface area contributed by atoms with Crippen molar-refractivity contribution in [2.45, 2.75) is 18.9 Å². The predicted molar refractivity (Wildman–Crippen MR) is 134 cm³/mol. The molecule has 1 atom stereocenters. The van der Waals surface area contributed by atoms with Gasteiger partial charge < -0.3 is 14.7 Å². The molecule has 14 heteroatoms. The van der Waals surface area contributed by atoms with Gasteiger partial charge in [-0.25, -0.2) is 14.8 Å². The number of aromatic amines is 1. The second-order valence-corrected chi connectivity index (χ2v) is 9.23. The number of fused-ring (bicyclic) bond motifs is 1. The number of halogens is 2. The lowest BCUT2D eigenvalue weighted by atomic mass is 10.0. The zero-order valence-electron chi connectivity index (χ0n) is 18.2. The van der Waals surface area contributed by atoms with E-state index >= 15 is 0 Å². The van der Waals surface area contributed by atoms with Crippen molar-refractivity contribution in [2.75, 3.05) is 0 Å². The summed E-state index contributed by atoms with van der Waals surface area (Å²) in [7, 11) is 0. The molecule has 6 rings (SSSR count). The number of carboxylic acids is 1. The van der Waals surface area contributed by atoms with Gasteiger partial charge in [0.25, 0.3) is 5.56 Å². The molecule has 0 unspecified atom stereocenters. The van der Waals surface area contributed by atoms with Crippen molar-refractivity contribution in [3.63, 3.8) is 0 Å². The van der Waals surface area contributed by atoms with Crippen molar-refractivity contribution in [3.8, 4) is 28.2 Å². The number of pyridine rings is 1. The lowest BCUT2D eigenvalue weighted by Gasteiger charge is -2.15. The summed E-state index contributed by atoms with van der Waals surface area (Å²) in [6, 6.07) is 8.62. The van der Waals surface area contributed by atoms with Gasteiger partial charge in [-0.2, -0.15) is 4.68 Å². The van der Waals surface area contributed by atoms with Crippen LogP contribution in [0.2, 0.25) is 5.02 Å². The number of aromatic nitrogens is 8. The molecule has 0 radical (unpaired) electrons. The van der Waals surface area contributed by atoms with Crippen molar-refractivity contribution < 1.29 is 9.90 Å². The van der Waals surface area contributed by atoms with Gasteiger partial charge in [0.15, 0.2) is 0 Å². The van der Waals surface area contributed by atoms with Gasteiger partial charge >= 0.3 is 5.97 Å². The molecule has 0 spiro atoms. The van der Waals surface area contributed by atoms with Gasteiger partial charge in [-0.15, -0.1) is 28.8 Å². The third-order valence-electron chi connectivity index (χ3n) is 5.87. The van der Waals surface area contributed by atoms with E-state index in [4.69, 9.17) is 16.7 Å². The van der Waals surface area contributed by atoms with Gasteiger partial charge in [0.05, 0.1) is 23.6 Å². The number of hydrogen-bond acceptors (Lipinski definition) is 8. The summed E-state index contributed by atoms with van der Waals surface area (Å²) in [6.45, 7) is 0. The Bertz CT molecular complexity index is 1640. The molecule has 0 saturated carbocycles. The molecule has 1 aliphatic rings. The molecule has 0 fully saturated rings. The van der Waals surface area contributed by atoms with E-state index in [9.17, 15) is 9.59 Å². The number of carbonyl (C=O) groups is 1. The van der Waals surface area contributed by atoms with Crippen LogP contribution in [0.15, 0.2) is 53.0 Å². The number of imidazole rings is 1. The van der Waals surface area contributed by atoms with Crippen LogP contribution in [-0.2, 0) is 6.42 Å². The minimum Gasteiger partial charge on any atom is -0.476 e. The van der Waals surface area contributed by atoms with Crippen molar-refractivity contribution in [2.24, 2.45) is 0 Å². The molecule has 182 valence electrons. The number of benzene rings is 1. The highest BCUT2D eigenvalue weighted by Gasteiger charge is 2.28. The molecule has 0 amide bonds. The fraction of sp³-hybridized carbons (Fsp3) is 0.136. The van der Waals surface area contributed by atoms with E-state index in [0.717, 1.165) is 28.2 Å². The highest BCUT2D eigenvalue weighted by molar-refractivity contribution is 7.11.